The molecule has 1 unspecified atom stereocenters. The van der Waals surface area contributed by atoms with E-state index in [2.05, 4.69) is 10.3 Å². The fourth-order valence-electron chi connectivity index (χ4n) is 1.82. The van der Waals surface area contributed by atoms with Crippen LogP contribution in [-0.4, -0.2) is 4.98 Å². The van der Waals surface area contributed by atoms with Crippen LogP contribution in [0.15, 0.2) is 36.7 Å². The largest absolute Gasteiger partial charge is 0.377 e. The summed E-state index contributed by atoms with van der Waals surface area (Å²) in [5.41, 5.74) is 3.06. The van der Waals surface area contributed by atoms with Crippen LogP contribution in [0.1, 0.15) is 24.1 Å². The third-order valence-corrected chi connectivity index (χ3v) is 3.54. The van der Waals surface area contributed by atoms with Crippen molar-refractivity contribution in [2.45, 2.75) is 19.9 Å². The fourth-order valence-corrected chi connectivity index (χ4v) is 2.29. The molecule has 1 aromatic heterocycles. The molecule has 1 atom stereocenters. The Morgan fingerprint density at radius 2 is 2.00 bits per heavy atom. The van der Waals surface area contributed by atoms with Gasteiger partial charge in [0.05, 0.1) is 21.8 Å². The molecule has 0 aliphatic heterocycles. The number of benzene rings is 1. The van der Waals surface area contributed by atoms with Crippen molar-refractivity contribution in [1.29, 1.82) is 0 Å². The Kier molecular flexibility index (Phi) is 4.10. The van der Waals surface area contributed by atoms with Gasteiger partial charge in [-0.15, -0.1) is 0 Å². The first-order chi connectivity index (χ1) is 8.58. The number of aryl methyl sites for hydroxylation is 1. The molecule has 1 N–H and O–H groups in total. The summed E-state index contributed by atoms with van der Waals surface area (Å²) in [7, 11) is 0. The number of anilines is 1. The van der Waals surface area contributed by atoms with E-state index in [-0.39, 0.29) is 6.04 Å². The smallest absolute Gasteiger partial charge is 0.0644 e. The van der Waals surface area contributed by atoms with Gasteiger partial charge in [0.2, 0.25) is 0 Å². The number of halogens is 2. The quantitative estimate of drug-likeness (QED) is 0.868. The van der Waals surface area contributed by atoms with Gasteiger partial charge in [-0.2, -0.15) is 0 Å². The van der Waals surface area contributed by atoms with Crippen LogP contribution in [-0.2, 0) is 0 Å². The van der Waals surface area contributed by atoms with Gasteiger partial charge < -0.3 is 5.32 Å². The first-order valence-electron chi connectivity index (χ1n) is 5.70. The molecule has 2 aromatic rings. The van der Waals surface area contributed by atoms with Gasteiger partial charge in [0.25, 0.3) is 0 Å². The van der Waals surface area contributed by atoms with Gasteiger partial charge in [-0.1, -0.05) is 35.3 Å². The molecule has 2 nitrogen and oxygen atoms in total. The summed E-state index contributed by atoms with van der Waals surface area (Å²) in [5, 5.41) is 4.53. The number of rotatable bonds is 3. The lowest BCUT2D eigenvalue weighted by molar-refractivity contribution is 0.882. The zero-order chi connectivity index (χ0) is 13.1. The number of hydrogen-bond acceptors (Lipinski definition) is 2. The highest BCUT2D eigenvalue weighted by Gasteiger charge is 2.11. The number of hydrogen-bond donors (Lipinski definition) is 1. The normalized spacial score (nSPS) is 12.2. The van der Waals surface area contributed by atoms with Gasteiger partial charge in [-0.25, -0.2) is 0 Å². The topological polar surface area (TPSA) is 24.9 Å². The summed E-state index contributed by atoms with van der Waals surface area (Å²) in [6, 6.07) is 7.77. The summed E-state index contributed by atoms with van der Waals surface area (Å²) in [6.07, 6.45) is 3.62. The van der Waals surface area contributed by atoms with Crippen molar-refractivity contribution in [2.24, 2.45) is 0 Å². The second-order valence-corrected chi connectivity index (χ2v) is 5.05. The summed E-state index contributed by atoms with van der Waals surface area (Å²) in [4.78, 5) is 4.15. The van der Waals surface area contributed by atoms with Crippen LogP contribution in [0.25, 0.3) is 0 Å². The van der Waals surface area contributed by atoms with Gasteiger partial charge in [0.15, 0.2) is 0 Å². The molecule has 1 aromatic carbocycles. The average Bonchev–Trinajstić information content (AvgIpc) is 2.32. The van der Waals surface area contributed by atoms with E-state index in [4.69, 9.17) is 23.2 Å². The Morgan fingerprint density at radius 1 is 1.22 bits per heavy atom. The zero-order valence-electron chi connectivity index (χ0n) is 10.2. The molecule has 0 fully saturated rings. The molecular formula is C14H14Cl2N2. The Hall–Kier alpha value is -1.25. The second-order valence-electron chi connectivity index (χ2n) is 4.26. The zero-order valence-corrected chi connectivity index (χ0v) is 11.8. The molecule has 18 heavy (non-hydrogen) atoms. The monoisotopic (exact) mass is 280 g/mol. The highest BCUT2D eigenvalue weighted by atomic mass is 35.5. The van der Waals surface area contributed by atoms with E-state index in [1.807, 2.05) is 38.2 Å². The van der Waals surface area contributed by atoms with Crippen LogP contribution in [0.2, 0.25) is 10.0 Å². The van der Waals surface area contributed by atoms with E-state index >= 15 is 0 Å². The Labute approximate surface area is 117 Å². The highest BCUT2D eigenvalue weighted by Crippen LogP contribution is 2.31. The maximum absolute atomic E-state index is 6.20. The molecule has 0 spiro atoms. The van der Waals surface area contributed by atoms with Crippen LogP contribution < -0.4 is 5.32 Å². The number of nitrogens with one attached hydrogen (secondary N) is 1. The molecule has 4 heteroatoms. The van der Waals surface area contributed by atoms with Gasteiger partial charge in [-0.05, 0) is 37.1 Å². The average molecular weight is 281 g/mol. The van der Waals surface area contributed by atoms with E-state index in [0.29, 0.717) is 10.0 Å². The summed E-state index contributed by atoms with van der Waals surface area (Å²) >= 11 is 12.2. The van der Waals surface area contributed by atoms with Crippen molar-refractivity contribution in [3.05, 3.63) is 57.8 Å². The predicted octanol–water partition coefficient (Wildman–Crippen LogP) is 4.87. The highest BCUT2D eigenvalue weighted by molar-refractivity contribution is 6.42. The number of nitrogens with zero attached hydrogens (tertiary/aromatic N) is 1. The van der Waals surface area contributed by atoms with Crippen molar-refractivity contribution in [3.63, 3.8) is 0 Å². The Bertz CT molecular complexity index is 555. The van der Waals surface area contributed by atoms with Gasteiger partial charge >= 0.3 is 0 Å². The molecule has 94 valence electrons. The first kappa shape index (κ1) is 13.2. The van der Waals surface area contributed by atoms with Crippen LogP contribution in [0.3, 0.4) is 0 Å². The maximum atomic E-state index is 6.20. The minimum absolute atomic E-state index is 0.0693. The lowest BCUT2D eigenvalue weighted by atomic mass is 10.1. The minimum atomic E-state index is 0.0693. The number of pyridine rings is 1. The molecule has 0 aliphatic carbocycles. The third kappa shape index (κ3) is 2.95. The van der Waals surface area contributed by atoms with Crippen molar-refractivity contribution < 1.29 is 0 Å². The van der Waals surface area contributed by atoms with Crippen LogP contribution in [0.5, 0.6) is 0 Å². The van der Waals surface area contributed by atoms with E-state index in [1.165, 1.54) is 0 Å². The first-order valence-corrected chi connectivity index (χ1v) is 6.45. The molecule has 0 saturated carbocycles. The molecule has 0 aliphatic rings. The summed E-state index contributed by atoms with van der Waals surface area (Å²) in [6.45, 7) is 4.05. The third-order valence-electron chi connectivity index (χ3n) is 2.71. The van der Waals surface area contributed by atoms with Crippen LogP contribution >= 0.6 is 23.2 Å². The molecule has 2 rings (SSSR count). The second kappa shape index (κ2) is 5.59. The van der Waals surface area contributed by atoms with E-state index in [0.717, 1.165) is 16.8 Å². The van der Waals surface area contributed by atoms with Crippen LogP contribution in [0.4, 0.5) is 5.69 Å². The van der Waals surface area contributed by atoms with Crippen LogP contribution in [0, 0.1) is 6.92 Å². The summed E-state index contributed by atoms with van der Waals surface area (Å²) < 4.78 is 0. The van der Waals surface area contributed by atoms with Crippen molar-refractivity contribution in [3.8, 4) is 0 Å². The predicted molar refractivity (Wildman–Crippen MR) is 77.5 cm³/mol. The summed E-state index contributed by atoms with van der Waals surface area (Å²) in [5.74, 6) is 0. The lowest BCUT2D eigenvalue weighted by Crippen LogP contribution is -2.07. The standard InChI is InChI=1S/C14H14Cl2N2/c1-9-6-11(8-17-7-9)18-10(2)12-4-3-5-13(15)14(12)16/h3-8,10,18H,1-2H3. The number of aromatic nitrogens is 1. The van der Waals surface area contributed by atoms with Crippen molar-refractivity contribution in [2.75, 3.05) is 5.32 Å². The molecule has 0 bridgehead atoms. The van der Waals surface area contributed by atoms with Crippen molar-refractivity contribution >= 4 is 28.9 Å². The molecular weight excluding hydrogens is 267 g/mol. The molecule has 0 radical (unpaired) electrons. The molecule has 0 saturated heterocycles. The maximum Gasteiger partial charge on any atom is 0.0644 e. The lowest BCUT2D eigenvalue weighted by Gasteiger charge is -2.17. The SMILES string of the molecule is Cc1cncc(NC(C)c2cccc(Cl)c2Cl)c1. The minimum Gasteiger partial charge on any atom is -0.377 e. The molecule has 1 heterocycles. The Morgan fingerprint density at radius 3 is 2.72 bits per heavy atom. The van der Waals surface area contributed by atoms with Crippen molar-refractivity contribution in [1.82, 2.24) is 4.98 Å². The van der Waals surface area contributed by atoms with Gasteiger partial charge in [0.1, 0.15) is 0 Å². The Balaban J connectivity index is 2.22. The van der Waals surface area contributed by atoms with Gasteiger partial charge in [-0.3, -0.25) is 4.98 Å². The van der Waals surface area contributed by atoms with E-state index in [9.17, 15) is 0 Å². The molecule has 0 amide bonds. The van der Waals surface area contributed by atoms with E-state index in [1.54, 1.807) is 12.3 Å². The fraction of sp³-hybridized carbons (Fsp3) is 0.214. The van der Waals surface area contributed by atoms with Gasteiger partial charge in [0, 0.05) is 12.4 Å². The van der Waals surface area contributed by atoms with E-state index < -0.39 is 0 Å².